The highest BCUT2D eigenvalue weighted by Gasteiger charge is 2.16. The normalized spacial score (nSPS) is 15.4. The molecular weight excluding hydrogens is 268 g/mol. The molecule has 1 aromatic carbocycles. The second kappa shape index (κ2) is 8.32. The number of nitrogens with one attached hydrogen (secondary N) is 2. The van der Waals surface area contributed by atoms with Gasteiger partial charge in [-0.25, -0.2) is 0 Å². The van der Waals surface area contributed by atoms with Crippen LogP contribution in [0.1, 0.15) is 45.7 Å². The summed E-state index contributed by atoms with van der Waals surface area (Å²) in [6.45, 7) is 8.19. The average molecular weight is 294 g/mol. The summed E-state index contributed by atoms with van der Waals surface area (Å²) < 4.78 is 0. The van der Waals surface area contributed by atoms with Gasteiger partial charge in [-0.15, -0.1) is 11.8 Å². The van der Waals surface area contributed by atoms with Gasteiger partial charge in [0.2, 0.25) is 5.91 Å². The summed E-state index contributed by atoms with van der Waals surface area (Å²) in [6.07, 6.45) is 0.957. The minimum atomic E-state index is -0.0795. The van der Waals surface area contributed by atoms with E-state index in [0.29, 0.717) is 6.04 Å². The Kier molecular flexibility index (Phi) is 7.10. The molecule has 0 bridgehead atoms. The van der Waals surface area contributed by atoms with Gasteiger partial charge >= 0.3 is 0 Å². The van der Waals surface area contributed by atoms with Crippen LogP contribution in [0.15, 0.2) is 29.2 Å². The molecule has 0 aliphatic rings. The van der Waals surface area contributed by atoms with E-state index in [9.17, 15) is 4.79 Å². The van der Waals surface area contributed by atoms with Crippen molar-refractivity contribution in [2.45, 2.75) is 56.3 Å². The summed E-state index contributed by atoms with van der Waals surface area (Å²) in [7, 11) is 1.95. The van der Waals surface area contributed by atoms with Crippen LogP contribution in [0.25, 0.3) is 0 Å². The minimum Gasteiger partial charge on any atom is -0.353 e. The molecule has 0 saturated carbocycles. The van der Waals surface area contributed by atoms with Gasteiger partial charge in [0.05, 0.1) is 5.25 Å². The summed E-state index contributed by atoms with van der Waals surface area (Å²) in [4.78, 5) is 13.2. The number of rotatable bonds is 7. The molecule has 0 aliphatic carbocycles. The van der Waals surface area contributed by atoms with Gasteiger partial charge < -0.3 is 10.6 Å². The van der Waals surface area contributed by atoms with E-state index in [1.165, 1.54) is 5.56 Å². The van der Waals surface area contributed by atoms with Gasteiger partial charge in [0.25, 0.3) is 0 Å². The molecule has 1 rings (SSSR count). The highest BCUT2D eigenvalue weighted by Crippen LogP contribution is 2.26. The van der Waals surface area contributed by atoms with Gasteiger partial charge in [-0.2, -0.15) is 0 Å². The first kappa shape index (κ1) is 17.1. The van der Waals surface area contributed by atoms with E-state index >= 15 is 0 Å². The Morgan fingerprint density at radius 2 is 2.00 bits per heavy atom. The zero-order valence-electron chi connectivity index (χ0n) is 13.1. The van der Waals surface area contributed by atoms with E-state index in [0.717, 1.165) is 11.3 Å². The molecule has 0 aliphatic heterocycles. The monoisotopic (exact) mass is 294 g/mol. The van der Waals surface area contributed by atoms with Crippen LogP contribution in [0.4, 0.5) is 0 Å². The van der Waals surface area contributed by atoms with E-state index in [1.54, 1.807) is 11.8 Å². The third-order valence-electron chi connectivity index (χ3n) is 3.47. The summed E-state index contributed by atoms with van der Waals surface area (Å²) in [5.74, 6) is 0.108. The Hall–Kier alpha value is -1.00. The Balaban J connectivity index is 2.66. The van der Waals surface area contributed by atoms with Crippen LogP contribution in [0.3, 0.4) is 0 Å². The molecule has 1 amide bonds. The van der Waals surface area contributed by atoms with Crippen LogP contribution in [-0.2, 0) is 4.79 Å². The second-order valence-corrected chi connectivity index (χ2v) is 6.58. The molecule has 0 fully saturated rings. The minimum absolute atomic E-state index is 0.0795. The summed E-state index contributed by atoms with van der Waals surface area (Å²) in [6, 6.07) is 8.92. The molecular formula is C16H26N2OS. The van der Waals surface area contributed by atoms with E-state index in [-0.39, 0.29) is 17.2 Å². The van der Waals surface area contributed by atoms with Crippen molar-refractivity contribution in [2.75, 3.05) is 7.05 Å². The number of benzene rings is 1. The SMILES string of the molecule is CCC(C)NC(=O)C(C)Sc1cccc(C(C)NC)c1. The summed E-state index contributed by atoms with van der Waals surface area (Å²) in [5, 5.41) is 6.18. The third-order valence-corrected chi connectivity index (χ3v) is 4.57. The Morgan fingerprint density at radius 3 is 2.60 bits per heavy atom. The van der Waals surface area contributed by atoms with E-state index in [2.05, 4.69) is 42.7 Å². The molecule has 1 aromatic rings. The van der Waals surface area contributed by atoms with E-state index in [1.807, 2.05) is 27.0 Å². The van der Waals surface area contributed by atoms with Crippen LogP contribution in [-0.4, -0.2) is 24.2 Å². The zero-order valence-corrected chi connectivity index (χ0v) is 13.9. The maximum Gasteiger partial charge on any atom is 0.233 e. The number of hydrogen-bond acceptors (Lipinski definition) is 3. The zero-order chi connectivity index (χ0) is 15.1. The van der Waals surface area contributed by atoms with Gasteiger partial charge in [-0.05, 0) is 51.9 Å². The predicted molar refractivity (Wildman–Crippen MR) is 87.1 cm³/mol. The molecule has 20 heavy (non-hydrogen) atoms. The summed E-state index contributed by atoms with van der Waals surface area (Å²) in [5.41, 5.74) is 1.24. The standard InChI is InChI=1S/C16H26N2OS/c1-6-11(2)18-16(19)13(4)20-15-9-7-8-14(10-15)12(3)17-5/h7-13,17H,6H2,1-5H3,(H,18,19). The smallest absolute Gasteiger partial charge is 0.233 e. The number of amides is 1. The lowest BCUT2D eigenvalue weighted by Gasteiger charge is -2.17. The fourth-order valence-corrected chi connectivity index (χ4v) is 2.69. The van der Waals surface area contributed by atoms with Crippen LogP contribution in [0.5, 0.6) is 0 Å². The number of carbonyl (C=O) groups excluding carboxylic acids is 1. The molecule has 0 aromatic heterocycles. The van der Waals surface area contributed by atoms with Crippen LogP contribution >= 0.6 is 11.8 Å². The largest absolute Gasteiger partial charge is 0.353 e. The van der Waals surface area contributed by atoms with E-state index in [4.69, 9.17) is 0 Å². The molecule has 4 heteroatoms. The molecule has 3 atom stereocenters. The molecule has 0 spiro atoms. The molecule has 0 heterocycles. The quantitative estimate of drug-likeness (QED) is 0.758. The fourth-order valence-electron chi connectivity index (χ4n) is 1.74. The summed E-state index contributed by atoms with van der Waals surface area (Å²) >= 11 is 1.61. The molecule has 112 valence electrons. The van der Waals surface area contributed by atoms with Crippen molar-refractivity contribution in [3.05, 3.63) is 29.8 Å². The van der Waals surface area contributed by atoms with Crippen molar-refractivity contribution in [1.82, 2.24) is 10.6 Å². The van der Waals surface area contributed by atoms with Crippen molar-refractivity contribution in [1.29, 1.82) is 0 Å². The van der Waals surface area contributed by atoms with Gasteiger partial charge in [-0.3, -0.25) is 4.79 Å². The molecule has 0 saturated heterocycles. The van der Waals surface area contributed by atoms with Gasteiger partial charge in [0.15, 0.2) is 0 Å². The maximum atomic E-state index is 12.0. The number of thioether (sulfide) groups is 1. The highest BCUT2D eigenvalue weighted by molar-refractivity contribution is 8.00. The predicted octanol–water partition coefficient (Wildman–Crippen LogP) is 3.36. The molecule has 0 radical (unpaired) electrons. The number of hydrogen-bond donors (Lipinski definition) is 2. The Labute approximate surface area is 126 Å². The Bertz CT molecular complexity index is 436. The second-order valence-electron chi connectivity index (χ2n) is 5.16. The lowest BCUT2D eigenvalue weighted by molar-refractivity contribution is -0.120. The van der Waals surface area contributed by atoms with Gasteiger partial charge in [0, 0.05) is 17.0 Å². The van der Waals surface area contributed by atoms with Crippen molar-refractivity contribution < 1.29 is 4.79 Å². The fraction of sp³-hybridized carbons (Fsp3) is 0.562. The third kappa shape index (κ3) is 5.17. The lowest BCUT2D eigenvalue weighted by atomic mass is 10.1. The van der Waals surface area contributed by atoms with Gasteiger partial charge in [-0.1, -0.05) is 19.1 Å². The molecule has 3 unspecified atom stereocenters. The lowest BCUT2D eigenvalue weighted by Crippen LogP contribution is -2.37. The maximum absolute atomic E-state index is 12.0. The first-order valence-corrected chi connectivity index (χ1v) is 8.10. The van der Waals surface area contributed by atoms with Crippen LogP contribution in [0, 0.1) is 0 Å². The van der Waals surface area contributed by atoms with Crippen molar-refractivity contribution in [3.8, 4) is 0 Å². The topological polar surface area (TPSA) is 41.1 Å². The van der Waals surface area contributed by atoms with Crippen molar-refractivity contribution >= 4 is 17.7 Å². The van der Waals surface area contributed by atoms with Crippen molar-refractivity contribution in [2.24, 2.45) is 0 Å². The van der Waals surface area contributed by atoms with E-state index < -0.39 is 0 Å². The first-order chi connectivity index (χ1) is 9.47. The molecule has 2 N–H and O–H groups in total. The number of carbonyl (C=O) groups is 1. The van der Waals surface area contributed by atoms with Gasteiger partial charge in [0.1, 0.15) is 0 Å². The van der Waals surface area contributed by atoms with Crippen LogP contribution in [0.2, 0.25) is 0 Å². The highest BCUT2D eigenvalue weighted by atomic mass is 32.2. The van der Waals surface area contributed by atoms with Crippen LogP contribution < -0.4 is 10.6 Å². The Morgan fingerprint density at radius 1 is 1.30 bits per heavy atom. The van der Waals surface area contributed by atoms with Crippen molar-refractivity contribution in [3.63, 3.8) is 0 Å². The first-order valence-electron chi connectivity index (χ1n) is 7.22. The molecule has 3 nitrogen and oxygen atoms in total. The average Bonchev–Trinajstić information content (AvgIpc) is 2.46.